The Kier molecular flexibility index (Phi) is 9.22. The van der Waals surface area contributed by atoms with Gasteiger partial charge in [0.25, 0.3) is 5.97 Å². The molecule has 10 heteroatoms. The Bertz CT molecular complexity index is 477. The summed E-state index contributed by atoms with van der Waals surface area (Å²) in [6.45, 7) is 4.71. The van der Waals surface area contributed by atoms with Crippen LogP contribution in [0.25, 0.3) is 5.73 Å². The Balaban J connectivity index is 0.00000484. The molecule has 8 nitrogen and oxygen atoms in total. The van der Waals surface area contributed by atoms with Crippen LogP contribution in [0, 0.1) is 55.9 Å². The number of carboxylic acids is 1. The van der Waals surface area contributed by atoms with E-state index in [2.05, 4.69) is 5.32 Å². The summed E-state index contributed by atoms with van der Waals surface area (Å²) in [5, 5.41) is 31.0. The Morgan fingerprint density at radius 2 is 1.96 bits per heavy atom. The molecule has 1 heterocycles. The van der Waals surface area contributed by atoms with Crippen LogP contribution in [0.5, 0.6) is 0 Å². The van der Waals surface area contributed by atoms with Gasteiger partial charge in [0.1, 0.15) is 0 Å². The number of carbonyl (C=O) groups is 3. The fourth-order valence-electron chi connectivity index (χ4n) is 2.35. The number of aliphatic carboxylic acids is 1. The zero-order chi connectivity index (χ0) is 17.2. The Hall–Kier alpha value is 0.282. The molecular weight excluding hydrogens is 539 g/mol. The first kappa shape index (κ1) is 23.3. The van der Waals surface area contributed by atoms with E-state index in [-0.39, 0.29) is 49.8 Å². The molecule has 5 unspecified atom stereocenters. The molecule has 1 rings (SSSR count). The third kappa shape index (κ3) is 4.67. The van der Waals surface area contributed by atoms with Crippen LogP contribution in [0.15, 0.2) is 0 Å². The van der Waals surface area contributed by atoms with Crippen molar-refractivity contribution in [2.24, 2.45) is 11.8 Å². The van der Waals surface area contributed by atoms with Crippen LogP contribution in [-0.2, 0) is 14.4 Å². The van der Waals surface area contributed by atoms with E-state index in [9.17, 15) is 24.6 Å². The van der Waals surface area contributed by atoms with Crippen LogP contribution in [0.2, 0.25) is 0 Å². The van der Waals surface area contributed by atoms with Gasteiger partial charge in [0.15, 0.2) is 5.54 Å². The van der Waals surface area contributed by atoms with Crippen molar-refractivity contribution in [3.8, 4) is 0 Å². The van der Waals surface area contributed by atoms with E-state index >= 15 is 0 Å². The average Bonchev–Trinajstić information content (AvgIpc) is 2.68. The number of rotatable bonds is 6. The molecule has 129 valence electrons. The second-order valence-corrected chi connectivity index (χ2v) is 6.76. The van der Waals surface area contributed by atoms with Crippen molar-refractivity contribution in [3.63, 3.8) is 0 Å². The van der Waals surface area contributed by atoms with Crippen LogP contribution < -0.4 is 5.32 Å². The molecule has 1 amide bonds. The molecule has 1 fully saturated rings. The zero-order valence-electron chi connectivity index (χ0n) is 13.1. The number of aliphatic hydroxyl groups is 2. The quantitative estimate of drug-likeness (QED) is 0.347. The van der Waals surface area contributed by atoms with E-state index in [4.69, 9.17) is 10.8 Å². The number of amides is 1. The summed E-state index contributed by atoms with van der Waals surface area (Å²) in [6.07, 6.45) is -2.75. The van der Waals surface area contributed by atoms with E-state index in [0.717, 1.165) is 0 Å². The predicted octanol–water partition coefficient (Wildman–Crippen LogP) is -0.366. The van der Waals surface area contributed by atoms with Gasteiger partial charge in [-0.1, -0.05) is 32.5 Å². The fraction of sp³-hybridized carbons (Fsp3) is 0.769. The molecule has 0 bridgehead atoms. The van der Waals surface area contributed by atoms with E-state index in [1.165, 1.54) is 6.92 Å². The standard InChI is InChI=1S/C13H21N2O6S.Ac/c1-5(2)8(16)13(9(17)6(3)10(18)15-13)12(21)22-4-7(14)11(19)20;/h5-9,14,16-17H,4H2,1-3H3,(H,15,18)(H,19,20);/q-1;. The number of carbonyl (C=O) groups excluding carboxylic acids is 2. The smallest absolute Gasteiger partial charge is 0.286 e. The van der Waals surface area contributed by atoms with Gasteiger partial charge in [0.05, 0.1) is 18.1 Å². The van der Waals surface area contributed by atoms with Gasteiger partial charge in [-0.15, -0.1) is 0 Å². The zero-order valence-corrected chi connectivity index (χ0v) is 18.7. The summed E-state index contributed by atoms with van der Waals surface area (Å²) in [5.41, 5.74) is 5.41. The van der Waals surface area contributed by atoms with Crippen molar-refractivity contribution in [2.45, 2.75) is 44.6 Å². The molecule has 0 spiro atoms. The topological polar surface area (TPSA) is 148 Å². The number of hydrogen-bond acceptors (Lipinski definition) is 6. The van der Waals surface area contributed by atoms with Crippen LogP contribution in [-0.4, -0.2) is 61.9 Å². The molecule has 5 atom stereocenters. The van der Waals surface area contributed by atoms with E-state index in [1.54, 1.807) is 13.8 Å². The molecule has 0 saturated carbocycles. The summed E-state index contributed by atoms with van der Waals surface area (Å²) < 4.78 is 0. The summed E-state index contributed by atoms with van der Waals surface area (Å²) in [6, 6.07) is -1.51. The Labute approximate surface area is 174 Å². The molecule has 1 saturated heterocycles. The number of thioether (sulfide) groups is 1. The van der Waals surface area contributed by atoms with Gasteiger partial charge in [0, 0.05) is 44.1 Å². The second-order valence-electron chi connectivity index (χ2n) is 5.77. The fourth-order valence-corrected chi connectivity index (χ4v) is 3.34. The normalized spacial score (nSPS) is 29.6. The molecule has 1 radical (unpaired) electrons. The van der Waals surface area contributed by atoms with Crippen molar-refractivity contribution in [2.75, 3.05) is 5.75 Å². The second kappa shape index (κ2) is 9.11. The van der Waals surface area contributed by atoms with E-state index in [0.29, 0.717) is 11.8 Å². The van der Waals surface area contributed by atoms with Crippen molar-refractivity contribution < 1.29 is 73.8 Å². The molecule has 0 aromatic rings. The van der Waals surface area contributed by atoms with Gasteiger partial charge in [-0.3, -0.25) is 14.4 Å². The van der Waals surface area contributed by atoms with Crippen LogP contribution >= 0.6 is 11.8 Å². The first-order chi connectivity index (χ1) is 10.1. The summed E-state index contributed by atoms with van der Waals surface area (Å²) in [7, 11) is 0. The third-order valence-electron chi connectivity index (χ3n) is 3.80. The molecule has 0 aliphatic carbocycles. The number of aliphatic hydroxyl groups excluding tert-OH is 2. The largest absolute Gasteiger partial charge is 0.665 e. The average molecular weight is 560 g/mol. The number of nitrogens with one attached hydrogen (secondary N) is 2. The molecule has 0 aromatic carbocycles. The Morgan fingerprint density at radius 1 is 1.43 bits per heavy atom. The Morgan fingerprint density at radius 3 is 2.30 bits per heavy atom. The maximum absolute atomic E-state index is 12.5. The minimum Gasteiger partial charge on any atom is -0.665 e. The molecule has 1 aliphatic heterocycles. The minimum atomic E-state index is -1.88. The van der Waals surface area contributed by atoms with Gasteiger partial charge >= 0.3 is 0 Å². The van der Waals surface area contributed by atoms with Gasteiger partial charge in [-0.25, -0.2) is 0 Å². The number of hydrogen-bond donors (Lipinski definition) is 4. The summed E-state index contributed by atoms with van der Waals surface area (Å²) in [5.74, 6) is -3.55. The summed E-state index contributed by atoms with van der Waals surface area (Å²) in [4.78, 5) is 34.9. The predicted molar refractivity (Wildman–Crippen MR) is 80.1 cm³/mol. The van der Waals surface area contributed by atoms with Crippen LogP contribution in [0.3, 0.4) is 0 Å². The SMILES string of the molecule is CC(C)C(O)C1(C(=O)SCC([NH-])C(=O)O)NC(=O)C(C)C1O.[Ac]. The monoisotopic (exact) mass is 560 g/mol. The van der Waals surface area contributed by atoms with Gasteiger partial charge < -0.3 is 26.4 Å². The van der Waals surface area contributed by atoms with Crippen molar-refractivity contribution >= 4 is 28.8 Å². The van der Waals surface area contributed by atoms with Gasteiger partial charge in [0.2, 0.25) is 11.0 Å². The first-order valence-corrected chi connectivity index (χ1v) is 7.83. The van der Waals surface area contributed by atoms with Crippen molar-refractivity contribution in [1.82, 2.24) is 5.32 Å². The molecule has 1 aliphatic rings. The van der Waals surface area contributed by atoms with E-state index in [1.807, 2.05) is 0 Å². The van der Waals surface area contributed by atoms with Crippen LogP contribution in [0.4, 0.5) is 0 Å². The number of carboxylic acid groups (broad SMARTS) is 1. The van der Waals surface area contributed by atoms with E-state index < -0.39 is 52.6 Å². The molecule has 5 N–H and O–H groups in total. The molecule has 0 aromatic heterocycles. The maximum Gasteiger partial charge on any atom is 0.286 e. The van der Waals surface area contributed by atoms with Gasteiger partial charge in [-0.2, -0.15) is 0 Å². The summed E-state index contributed by atoms with van der Waals surface area (Å²) >= 11 is 0.521. The molecule has 23 heavy (non-hydrogen) atoms. The van der Waals surface area contributed by atoms with Crippen molar-refractivity contribution in [3.05, 3.63) is 5.73 Å². The van der Waals surface area contributed by atoms with Gasteiger partial charge in [-0.05, 0) is 17.7 Å². The maximum atomic E-state index is 12.5. The third-order valence-corrected chi connectivity index (χ3v) is 4.90. The van der Waals surface area contributed by atoms with Crippen molar-refractivity contribution in [1.29, 1.82) is 0 Å². The minimum absolute atomic E-state index is 0. The molecular formula is C13H21AcN2O6S-. The van der Waals surface area contributed by atoms with Crippen LogP contribution in [0.1, 0.15) is 20.8 Å². The first-order valence-electron chi connectivity index (χ1n) is 6.85.